The molecule has 124 valence electrons. The van der Waals surface area contributed by atoms with Crippen LogP contribution in [0, 0.1) is 0 Å². The van der Waals surface area contributed by atoms with Gasteiger partial charge >= 0.3 is 5.76 Å². The summed E-state index contributed by atoms with van der Waals surface area (Å²) in [6.45, 7) is 0.489. The number of amides is 1. The average molecular weight is 407 g/mol. The van der Waals surface area contributed by atoms with Crippen LogP contribution in [0.3, 0.4) is 0 Å². The van der Waals surface area contributed by atoms with Gasteiger partial charge in [0.15, 0.2) is 5.58 Å². The number of nitrogens with one attached hydrogen (secondary N) is 1. The van der Waals surface area contributed by atoms with Crippen LogP contribution in [0.15, 0.2) is 67.1 Å². The summed E-state index contributed by atoms with van der Waals surface area (Å²) in [6.07, 6.45) is 0. The molecule has 0 unspecified atom stereocenters. The minimum Gasteiger partial charge on any atom is -0.408 e. The first-order valence-electron chi connectivity index (χ1n) is 7.37. The van der Waals surface area contributed by atoms with Gasteiger partial charge in [-0.3, -0.25) is 9.36 Å². The van der Waals surface area contributed by atoms with Gasteiger partial charge < -0.3 is 9.73 Å². The Morgan fingerprint density at radius 3 is 2.71 bits per heavy atom. The minimum absolute atomic E-state index is 0.0429. The number of hydrogen-bond donors (Lipinski definition) is 1. The molecule has 0 bridgehead atoms. The standard InChI is InChI=1S/C17H15BrN2O3S/c18-12-5-7-13(8-6-12)24-10-9-19-16(21)11-20-14-3-1-2-4-15(14)23-17(20)22/h1-8H,9-11H2,(H,19,21). The van der Waals surface area contributed by atoms with Gasteiger partial charge in [0.2, 0.25) is 5.91 Å². The fourth-order valence-electron chi connectivity index (χ4n) is 2.25. The second kappa shape index (κ2) is 7.72. The van der Waals surface area contributed by atoms with Crippen molar-refractivity contribution in [3.63, 3.8) is 0 Å². The van der Waals surface area contributed by atoms with Crippen molar-refractivity contribution in [2.45, 2.75) is 11.4 Å². The first kappa shape index (κ1) is 16.9. The predicted octanol–water partition coefficient (Wildman–Crippen LogP) is 3.27. The summed E-state index contributed by atoms with van der Waals surface area (Å²) in [5, 5.41) is 2.82. The molecule has 5 nitrogen and oxygen atoms in total. The number of hydrogen-bond acceptors (Lipinski definition) is 4. The smallest absolute Gasteiger partial charge is 0.408 e. The quantitative estimate of drug-likeness (QED) is 0.503. The van der Waals surface area contributed by atoms with Crippen LogP contribution in [0.4, 0.5) is 0 Å². The van der Waals surface area contributed by atoms with E-state index < -0.39 is 5.76 Å². The maximum absolute atomic E-state index is 12.0. The van der Waals surface area contributed by atoms with Gasteiger partial charge in [0, 0.05) is 21.7 Å². The number of fused-ring (bicyclic) bond motifs is 1. The Morgan fingerprint density at radius 2 is 1.92 bits per heavy atom. The predicted molar refractivity (Wildman–Crippen MR) is 98.3 cm³/mol. The second-order valence-electron chi connectivity index (χ2n) is 5.07. The van der Waals surface area contributed by atoms with Gasteiger partial charge in [0.25, 0.3) is 0 Å². The van der Waals surface area contributed by atoms with E-state index in [0.717, 1.165) is 15.1 Å². The average Bonchev–Trinajstić information content (AvgIpc) is 2.89. The Kier molecular flexibility index (Phi) is 5.42. The lowest BCUT2D eigenvalue weighted by atomic mass is 10.3. The molecular weight excluding hydrogens is 392 g/mol. The van der Waals surface area contributed by atoms with E-state index in [-0.39, 0.29) is 12.5 Å². The van der Waals surface area contributed by atoms with Gasteiger partial charge in [0.1, 0.15) is 6.54 Å². The van der Waals surface area contributed by atoms with Crippen LogP contribution in [0.1, 0.15) is 0 Å². The van der Waals surface area contributed by atoms with E-state index >= 15 is 0 Å². The Labute approximate surface area is 151 Å². The summed E-state index contributed by atoms with van der Waals surface area (Å²) in [7, 11) is 0. The van der Waals surface area contributed by atoms with E-state index in [1.807, 2.05) is 24.3 Å². The Balaban J connectivity index is 1.51. The summed E-state index contributed by atoms with van der Waals surface area (Å²) >= 11 is 5.06. The third kappa shape index (κ3) is 4.10. The number of thioether (sulfide) groups is 1. The van der Waals surface area contributed by atoms with Crippen LogP contribution in [-0.4, -0.2) is 22.8 Å². The SMILES string of the molecule is O=C(Cn1c(=O)oc2ccccc21)NCCSc1ccc(Br)cc1. The molecule has 1 heterocycles. The third-order valence-electron chi connectivity index (χ3n) is 3.38. The molecule has 0 radical (unpaired) electrons. The molecule has 0 aliphatic rings. The van der Waals surface area contributed by atoms with Crippen molar-refractivity contribution in [2.75, 3.05) is 12.3 Å². The van der Waals surface area contributed by atoms with Crippen LogP contribution < -0.4 is 11.1 Å². The largest absolute Gasteiger partial charge is 0.420 e. The zero-order valence-electron chi connectivity index (χ0n) is 12.7. The number of carbonyl (C=O) groups excluding carboxylic acids is 1. The molecule has 0 atom stereocenters. The number of benzene rings is 2. The minimum atomic E-state index is -0.518. The molecule has 0 aliphatic carbocycles. The molecule has 0 spiro atoms. The van der Waals surface area contributed by atoms with E-state index in [1.165, 1.54) is 4.57 Å². The van der Waals surface area contributed by atoms with Crippen LogP contribution in [0.25, 0.3) is 11.1 Å². The molecule has 1 N–H and O–H groups in total. The topological polar surface area (TPSA) is 64.2 Å². The van der Waals surface area contributed by atoms with E-state index in [0.29, 0.717) is 17.6 Å². The molecule has 3 aromatic rings. The molecule has 7 heteroatoms. The maximum Gasteiger partial charge on any atom is 0.420 e. The number of aromatic nitrogens is 1. The maximum atomic E-state index is 12.0. The summed E-state index contributed by atoms with van der Waals surface area (Å²) in [5.41, 5.74) is 1.11. The van der Waals surface area contributed by atoms with E-state index in [4.69, 9.17) is 4.42 Å². The van der Waals surface area contributed by atoms with Gasteiger partial charge in [-0.15, -0.1) is 11.8 Å². The van der Waals surface area contributed by atoms with Crippen molar-refractivity contribution in [1.29, 1.82) is 0 Å². The van der Waals surface area contributed by atoms with Crippen LogP contribution >= 0.6 is 27.7 Å². The molecule has 2 aromatic carbocycles. The van der Waals surface area contributed by atoms with Crippen molar-refractivity contribution < 1.29 is 9.21 Å². The lowest BCUT2D eigenvalue weighted by Crippen LogP contribution is -2.32. The second-order valence-corrected chi connectivity index (χ2v) is 7.16. The molecule has 1 aromatic heterocycles. The molecular formula is C17H15BrN2O3S. The van der Waals surface area contributed by atoms with Crippen molar-refractivity contribution in [1.82, 2.24) is 9.88 Å². The third-order valence-corrected chi connectivity index (χ3v) is 4.92. The number of oxazole rings is 1. The van der Waals surface area contributed by atoms with E-state index in [9.17, 15) is 9.59 Å². The highest BCUT2D eigenvalue weighted by atomic mass is 79.9. The van der Waals surface area contributed by atoms with E-state index in [2.05, 4.69) is 21.2 Å². The first-order valence-corrected chi connectivity index (χ1v) is 9.15. The summed E-state index contributed by atoms with van der Waals surface area (Å²) in [4.78, 5) is 25.0. The van der Waals surface area contributed by atoms with Gasteiger partial charge in [-0.2, -0.15) is 0 Å². The zero-order chi connectivity index (χ0) is 16.9. The highest BCUT2D eigenvalue weighted by molar-refractivity contribution is 9.10. The Hall–Kier alpha value is -1.99. The normalized spacial score (nSPS) is 10.9. The van der Waals surface area contributed by atoms with Gasteiger partial charge in [-0.1, -0.05) is 28.1 Å². The Bertz CT molecular complexity index is 902. The number of para-hydroxylation sites is 2. The van der Waals surface area contributed by atoms with Crippen molar-refractivity contribution in [3.8, 4) is 0 Å². The summed E-state index contributed by atoms with van der Waals surface area (Å²) < 4.78 is 7.49. The monoisotopic (exact) mass is 406 g/mol. The molecule has 0 fully saturated rings. The van der Waals surface area contributed by atoms with Crippen molar-refractivity contribution in [2.24, 2.45) is 0 Å². The molecule has 1 amide bonds. The number of carbonyl (C=O) groups is 1. The van der Waals surface area contributed by atoms with Gasteiger partial charge in [-0.05, 0) is 36.4 Å². The lowest BCUT2D eigenvalue weighted by Gasteiger charge is -2.06. The summed E-state index contributed by atoms with van der Waals surface area (Å²) in [5.74, 6) is 0.0321. The number of rotatable bonds is 6. The zero-order valence-corrected chi connectivity index (χ0v) is 15.1. The van der Waals surface area contributed by atoms with Gasteiger partial charge in [-0.25, -0.2) is 4.79 Å². The highest BCUT2D eigenvalue weighted by Crippen LogP contribution is 2.19. The molecule has 3 rings (SSSR count). The van der Waals surface area contributed by atoms with Crippen LogP contribution in [0.5, 0.6) is 0 Å². The summed E-state index contributed by atoms with van der Waals surface area (Å²) in [6, 6.07) is 15.1. The van der Waals surface area contributed by atoms with Crippen molar-refractivity contribution >= 4 is 44.7 Å². The van der Waals surface area contributed by atoms with Crippen molar-refractivity contribution in [3.05, 3.63) is 63.6 Å². The van der Waals surface area contributed by atoms with E-state index in [1.54, 1.807) is 36.0 Å². The fourth-order valence-corrected chi connectivity index (χ4v) is 3.29. The fraction of sp³-hybridized carbons (Fsp3) is 0.176. The number of halogens is 1. The number of nitrogens with zero attached hydrogens (tertiary/aromatic N) is 1. The first-order chi connectivity index (χ1) is 11.6. The molecule has 0 saturated heterocycles. The van der Waals surface area contributed by atoms with Crippen LogP contribution in [0.2, 0.25) is 0 Å². The lowest BCUT2D eigenvalue weighted by molar-refractivity contribution is -0.121. The van der Waals surface area contributed by atoms with Crippen LogP contribution in [-0.2, 0) is 11.3 Å². The highest BCUT2D eigenvalue weighted by Gasteiger charge is 2.11. The Morgan fingerprint density at radius 1 is 1.17 bits per heavy atom. The molecule has 0 saturated carbocycles. The molecule has 0 aliphatic heterocycles. The van der Waals surface area contributed by atoms with Gasteiger partial charge in [0.05, 0.1) is 5.52 Å². The molecule has 24 heavy (non-hydrogen) atoms.